The van der Waals surface area contributed by atoms with Gasteiger partial charge < -0.3 is 5.73 Å². The SMILES string of the molecule is Nc1cc(F)c(-n2cnc(Cl)c2)c(F)c1. The van der Waals surface area contributed by atoms with Crippen molar-refractivity contribution in [2.75, 3.05) is 5.73 Å². The highest BCUT2D eigenvalue weighted by molar-refractivity contribution is 6.29. The molecule has 0 saturated heterocycles. The summed E-state index contributed by atoms with van der Waals surface area (Å²) in [6, 6.07) is 2.07. The Bertz CT molecular complexity index is 487. The molecule has 1 aromatic heterocycles. The summed E-state index contributed by atoms with van der Waals surface area (Å²) in [4.78, 5) is 3.66. The smallest absolute Gasteiger partial charge is 0.152 e. The van der Waals surface area contributed by atoms with Crippen LogP contribution in [-0.2, 0) is 0 Å². The van der Waals surface area contributed by atoms with Gasteiger partial charge in [-0.1, -0.05) is 11.6 Å². The molecular formula is C9H6ClF2N3. The van der Waals surface area contributed by atoms with Crippen LogP contribution in [0.5, 0.6) is 0 Å². The van der Waals surface area contributed by atoms with E-state index in [4.69, 9.17) is 17.3 Å². The molecule has 0 atom stereocenters. The second-order valence-electron chi connectivity index (χ2n) is 2.94. The predicted octanol–water partition coefficient (Wildman–Crippen LogP) is 2.39. The van der Waals surface area contributed by atoms with Crippen molar-refractivity contribution in [1.29, 1.82) is 0 Å². The van der Waals surface area contributed by atoms with E-state index in [1.54, 1.807) is 0 Å². The molecule has 2 rings (SSSR count). The first-order chi connectivity index (χ1) is 7.08. The van der Waals surface area contributed by atoms with Crippen LogP contribution in [0.4, 0.5) is 14.5 Å². The Labute approximate surface area is 89.1 Å². The molecule has 0 aliphatic rings. The second-order valence-corrected chi connectivity index (χ2v) is 3.32. The number of aromatic nitrogens is 2. The molecule has 2 N–H and O–H groups in total. The van der Waals surface area contributed by atoms with E-state index >= 15 is 0 Å². The maximum atomic E-state index is 13.4. The Balaban J connectivity index is 2.62. The topological polar surface area (TPSA) is 43.8 Å². The molecule has 15 heavy (non-hydrogen) atoms. The van der Waals surface area contributed by atoms with Crippen molar-refractivity contribution in [1.82, 2.24) is 9.55 Å². The van der Waals surface area contributed by atoms with E-state index in [9.17, 15) is 8.78 Å². The monoisotopic (exact) mass is 229 g/mol. The maximum absolute atomic E-state index is 13.4. The lowest BCUT2D eigenvalue weighted by Gasteiger charge is -2.06. The number of rotatable bonds is 1. The molecule has 0 aliphatic carbocycles. The van der Waals surface area contributed by atoms with Crippen molar-refractivity contribution < 1.29 is 8.78 Å². The summed E-state index contributed by atoms with van der Waals surface area (Å²) in [5, 5.41) is 0.158. The van der Waals surface area contributed by atoms with E-state index in [1.165, 1.54) is 12.5 Å². The summed E-state index contributed by atoms with van der Waals surface area (Å²) in [7, 11) is 0. The molecule has 78 valence electrons. The van der Waals surface area contributed by atoms with Crippen LogP contribution in [0.1, 0.15) is 0 Å². The average molecular weight is 230 g/mol. The third kappa shape index (κ3) is 1.78. The summed E-state index contributed by atoms with van der Waals surface area (Å²) in [6.07, 6.45) is 2.53. The van der Waals surface area contributed by atoms with Crippen LogP contribution < -0.4 is 5.73 Å². The number of nitrogens with zero attached hydrogens (tertiary/aromatic N) is 2. The number of anilines is 1. The summed E-state index contributed by atoms with van der Waals surface area (Å²) >= 11 is 5.54. The van der Waals surface area contributed by atoms with Gasteiger partial charge in [0, 0.05) is 11.9 Å². The first kappa shape index (κ1) is 9.92. The summed E-state index contributed by atoms with van der Waals surface area (Å²) in [5.41, 5.74) is 5.06. The molecule has 0 saturated carbocycles. The van der Waals surface area contributed by atoms with Crippen molar-refractivity contribution >= 4 is 17.3 Å². The number of hydrogen-bond acceptors (Lipinski definition) is 2. The molecule has 0 unspecified atom stereocenters. The van der Waals surface area contributed by atoms with Gasteiger partial charge >= 0.3 is 0 Å². The summed E-state index contributed by atoms with van der Waals surface area (Å²) in [5.74, 6) is -1.52. The standard InChI is InChI=1S/C9H6ClF2N3/c10-8-3-15(4-14-8)9-6(11)1-5(13)2-7(9)12/h1-4H,13H2. The van der Waals surface area contributed by atoms with Crippen molar-refractivity contribution in [3.05, 3.63) is 41.4 Å². The zero-order chi connectivity index (χ0) is 11.0. The fourth-order valence-electron chi connectivity index (χ4n) is 1.25. The summed E-state index contributed by atoms with van der Waals surface area (Å²) < 4.78 is 27.9. The van der Waals surface area contributed by atoms with E-state index in [-0.39, 0.29) is 16.5 Å². The van der Waals surface area contributed by atoms with Crippen LogP contribution >= 0.6 is 11.6 Å². The van der Waals surface area contributed by atoms with Gasteiger partial charge in [-0.25, -0.2) is 13.8 Å². The highest BCUT2D eigenvalue weighted by atomic mass is 35.5. The van der Waals surface area contributed by atoms with E-state index in [2.05, 4.69) is 4.98 Å². The second kappa shape index (κ2) is 3.51. The van der Waals surface area contributed by atoms with Gasteiger partial charge in [-0.2, -0.15) is 0 Å². The maximum Gasteiger partial charge on any atom is 0.152 e. The van der Waals surface area contributed by atoms with Crippen LogP contribution in [0, 0.1) is 11.6 Å². The van der Waals surface area contributed by atoms with Crippen LogP contribution in [0.2, 0.25) is 5.15 Å². The van der Waals surface area contributed by atoms with Crippen molar-refractivity contribution in [2.24, 2.45) is 0 Å². The van der Waals surface area contributed by atoms with E-state index in [0.717, 1.165) is 16.7 Å². The molecule has 0 aliphatic heterocycles. The quantitative estimate of drug-likeness (QED) is 0.763. The first-order valence-corrected chi connectivity index (χ1v) is 4.40. The molecule has 1 heterocycles. The predicted molar refractivity (Wildman–Crippen MR) is 52.9 cm³/mol. The Hall–Kier alpha value is -1.62. The zero-order valence-electron chi connectivity index (χ0n) is 7.42. The van der Waals surface area contributed by atoms with Crippen LogP contribution in [0.3, 0.4) is 0 Å². The van der Waals surface area contributed by atoms with Crippen molar-refractivity contribution in [2.45, 2.75) is 0 Å². The van der Waals surface area contributed by atoms with Crippen LogP contribution in [-0.4, -0.2) is 9.55 Å². The molecule has 0 radical (unpaired) electrons. The zero-order valence-corrected chi connectivity index (χ0v) is 8.17. The Morgan fingerprint density at radius 2 is 1.87 bits per heavy atom. The fourth-order valence-corrected chi connectivity index (χ4v) is 1.40. The Morgan fingerprint density at radius 1 is 1.27 bits per heavy atom. The highest BCUT2D eigenvalue weighted by Gasteiger charge is 2.12. The Morgan fingerprint density at radius 3 is 2.33 bits per heavy atom. The molecule has 0 fully saturated rings. The third-order valence-corrected chi connectivity index (χ3v) is 2.04. The fraction of sp³-hybridized carbons (Fsp3) is 0. The number of benzene rings is 1. The number of hydrogen-bond donors (Lipinski definition) is 1. The molecular weight excluding hydrogens is 224 g/mol. The van der Waals surface area contributed by atoms with Crippen LogP contribution in [0.15, 0.2) is 24.7 Å². The highest BCUT2D eigenvalue weighted by Crippen LogP contribution is 2.21. The number of nitrogens with two attached hydrogens (primary N) is 1. The van der Waals surface area contributed by atoms with Gasteiger partial charge in [0.25, 0.3) is 0 Å². The Kier molecular flexibility index (Phi) is 2.32. The number of imidazole rings is 1. The van der Waals surface area contributed by atoms with Crippen molar-refractivity contribution in [3.63, 3.8) is 0 Å². The van der Waals surface area contributed by atoms with Crippen LogP contribution in [0.25, 0.3) is 5.69 Å². The van der Waals surface area contributed by atoms with Gasteiger partial charge in [0.05, 0.1) is 0 Å². The first-order valence-electron chi connectivity index (χ1n) is 4.02. The molecule has 6 heteroatoms. The molecule has 0 amide bonds. The lowest BCUT2D eigenvalue weighted by Crippen LogP contribution is -2.00. The lowest BCUT2D eigenvalue weighted by atomic mass is 10.2. The largest absolute Gasteiger partial charge is 0.399 e. The molecule has 3 nitrogen and oxygen atoms in total. The van der Waals surface area contributed by atoms with E-state index in [0.29, 0.717) is 0 Å². The normalized spacial score (nSPS) is 10.6. The van der Waals surface area contributed by atoms with Gasteiger partial charge in [0.15, 0.2) is 11.6 Å². The molecule has 0 bridgehead atoms. The molecule has 0 spiro atoms. The third-order valence-electron chi connectivity index (χ3n) is 1.85. The van der Waals surface area contributed by atoms with Crippen molar-refractivity contribution in [3.8, 4) is 5.69 Å². The van der Waals surface area contributed by atoms with Gasteiger partial charge in [0.1, 0.15) is 17.2 Å². The van der Waals surface area contributed by atoms with Gasteiger partial charge in [-0.05, 0) is 12.1 Å². The molecule has 2 aromatic rings. The number of nitrogen functional groups attached to an aromatic ring is 1. The lowest BCUT2D eigenvalue weighted by molar-refractivity contribution is 0.570. The van der Waals surface area contributed by atoms with Gasteiger partial charge in [-0.3, -0.25) is 4.57 Å². The summed E-state index contributed by atoms with van der Waals surface area (Å²) in [6.45, 7) is 0. The van der Waals surface area contributed by atoms with Gasteiger partial charge in [-0.15, -0.1) is 0 Å². The van der Waals surface area contributed by atoms with E-state index < -0.39 is 11.6 Å². The minimum Gasteiger partial charge on any atom is -0.399 e. The average Bonchev–Trinajstić information content (AvgIpc) is 2.49. The van der Waals surface area contributed by atoms with Gasteiger partial charge in [0.2, 0.25) is 0 Å². The number of halogens is 3. The minimum absolute atomic E-state index is 0.0277. The molecule has 1 aromatic carbocycles. The van der Waals surface area contributed by atoms with E-state index in [1.807, 2.05) is 0 Å². The minimum atomic E-state index is -0.762.